The number of hydrogen-bond acceptors (Lipinski definition) is 11. The quantitative estimate of drug-likeness (QED) is 0.212. The Kier molecular flexibility index (Phi) is 7.85. The predicted octanol–water partition coefficient (Wildman–Crippen LogP) is 1.97. The Balaban J connectivity index is 1.52. The van der Waals surface area contributed by atoms with Gasteiger partial charge in [0.25, 0.3) is 0 Å². The third-order valence-electron chi connectivity index (χ3n) is 5.87. The molecule has 36 heavy (non-hydrogen) atoms. The number of nitrogens with one attached hydrogen (secondary N) is 2. The van der Waals surface area contributed by atoms with Crippen LogP contribution in [-0.2, 0) is 20.1 Å². The number of hydrogen-bond donors (Lipinski definition) is 4. The number of carbonyl (C=O) groups excluding carboxylic acids is 1. The molecule has 4 atom stereocenters. The summed E-state index contributed by atoms with van der Waals surface area (Å²) in [7, 11) is -2.75. The van der Waals surface area contributed by atoms with E-state index in [4.69, 9.17) is 4.18 Å². The molecule has 192 valence electrons. The number of thiophene rings is 1. The van der Waals surface area contributed by atoms with E-state index in [1.54, 1.807) is 36.6 Å². The fourth-order valence-electron chi connectivity index (χ4n) is 3.88. The van der Waals surface area contributed by atoms with Gasteiger partial charge in [-0.25, -0.2) is 15.0 Å². The molecule has 4 rings (SSSR count). The number of rotatable bonds is 9. The van der Waals surface area contributed by atoms with Gasteiger partial charge >= 0.3 is 10.3 Å². The lowest BCUT2D eigenvalue weighted by Crippen LogP contribution is -2.31. The Hall–Kier alpha value is -2.33. The summed E-state index contributed by atoms with van der Waals surface area (Å²) < 4.78 is 31.0. The Morgan fingerprint density at radius 1 is 1.33 bits per heavy atom. The summed E-state index contributed by atoms with van der Waals surface area (Å²) >= 11 is 4.48. The van der Waals surface area contributed by atoms with E-state index in [1.807, 2.05) is 0 Å². The maximum atomic E-state index is 13.4. The van der Waals surface area contributed by atoms with Crippen LogP contribution in [0.3, 0.4) is 0 Å². The summed E-state index contributed by atoms with van der Waals surface area (Å²) in [5, 5.41) is 26.2. The monoisotopic (exact) mass is 597 g/mol. The highest BCUT2D eigenvalue weighted by Crippen LogP contribution is 2.33. The Morgan fingerprint density at radius 3 is 2.83 bits per heavy atom. The van der Waals surface area contributed by atoms with E-state index in [-0.39, 0.29) is 36.0 Å². The average Bonchev–Trinajstić information content (AvgIpc) is 3.46. The van der Waals surface area contributed by atoms with Crippen molar-refractivity contribution in [1.82, 2.24) is 19.7 Å². The molecule has 0 aromatic carbocycles. The van der Waals surface area contributed by atoms with Crippen molar-refractivity contribution in [1.29, 1.82) is 0 Å². The number of aliphatic hydroxyl groups excluding tert-OH is 1. The molecule has 0 radical (unpaired) electrons. The van der Waals surface area contributed by atoms with Gasteiger partial charge in [-0.1, -0.05) is 6.07 Å². The van der Waals surface area contributed by atoms with Gasteiger partial charge in [0.2, 0.25) is 5.78 Å². The SMILES string of the molecule is CNS(=O)(=O)O[C@@H]1C[C@H](Nc2ncncc2C(=O)c2cc([C@@](C)(O)c3cccc(Br)n3)cs2)C[C@@H]1O. The van der Waals surface area contributed by atoms with Gasteiger partial charge in [0, 0.05) is 24.8 Å². The molecule has 0 aliphatic heterocycles. The van der Waals surface area contributed by atoms with Gasteiger partial charge < -0.3 is 15.5 Å². The predicted molar refractivity (Wildman–Crippen MR) is 136 cm³/mol. The number of carbonyl (C=O) groups is 1. The van der Waals surface area contributed by atoms with Crippen LogP contribution in [0.25, 0.3) is 0 Å². The second kappa shape index (κ2) is 10.6. The molecule has 0 unspecified atom stereocenters. The topological polar surface area (TPSA) is 164 Å². The van der Waals surface area contributed by atoms with Gasteiger partial charge in [-0.15, -0.1) is 11.3 Å². The molecule has 11 nitrogen and oxygen atoms in total. The highest BCUT2D eigenvalue weighted by molar-refractivity contribution is 9.10. The van der Waals surface area contributed by atoms with Gasteiger partial charge in [0.05, 0.1) is 22.2 Å². The molecular weight excluding hydrogens is 574 g/mol. The van der Waals surface area contributed by atoms with Crippen molar-refractivity contribution in [3.63, 3.8) is 0 Å². The van der Waals surface area contributed by atoms with Crippen LogP contribution in [0.4, 0.5) is 5.82 Å². The second-order valence-corrected chi connectivity index (χ2v) is 11.6. The molecule has 0 saturated heterocycles. The number of ketones is 1. The van der Waals surface area contributed by atoms with E-state index in [1.165, 1.54) is 30.9 Å². The lowest BCUT2D eigenvalue weighted by molar-refractivity contribution is 0.0636. The van der Waals surface area contributed by atoms with Gasteiger partial charge in [-0.05, 0) is 59.3 Å². The van der Waals surface area contributed by atoms with E-state index in [2.05, 4.69) is 40.9 Å². The van der Waals surface area contributed by atoms with E-state index in [0.29, 0.717) is 20.7 Å². The number of aromatic nitrogens is 3. The molecule has 1 fully saturated rings. The number of aliphatic hydroxyl groups is 2. The van der Waals surface area contributed by atoms with Crippen LogP contribution in [0.2, 0.25) is 0 Å². The summed E-state index contributed by atoms with van der Waals surface area (Å²) in [6.07, 6.45) is 1.11. The highest BCUT2D eigenvalue weighted by Gasteiger charge is 2.37. The zero-order valence-corrected chi connectivity index (χ0v) is 22.5. The van der Waals surface area contributed by atoms with Crippen molar-refractivity contribution in [2.75, 3.05) is 12.4 Å². The van der Waals surface area contributed by atoms with Crippen molar-refractivity contribution in [3.05, 3.63) is 68.5 Å². The molecule has 1 aliphatic carbocycles. The lowest BCUT2D eigenvalue weighted by Gasteiger charge is -2.21. The van der Waals surface area contributed by atoms with Crippen molar-refractivity contribution in [3.8, 4) is 0 Å². The maximum absolute atomic E-state index is 13.4. The van der Waals surface area contributed by atoms with Crippen LogP contribution in [0.1, 0.15) is 46.3 Å². The highest BCUT2D eigenvalue weighted by atomic mass is 79.9. The summed E-state index contributed by atoms with van der Waals surface area (Å²) in [4.78, 5) is 26.2. The number of nitrogens with zero attached hydrogens (tertiary/aromatic N) is 3. The molecule has 3 aromatic rings. The Labute approximate surface area is 220 Å². The zero-order valence-electron chi connectivity index (χ0n) is 19.3. The first kappa shape index (κ1) is 26.7. The van der Waals surface area contributed by atoms with Crippen molar-refractivity contribution in [2.24, 2.45) is 0 Å². The fourth-order valence-corrected chi connectivity index (χ4v) is 5.82. The van der Waals surface area contributed by atoms with Crippen LogP contribution in [-0.4, -0.2) is 64.7 Å². The minimum atomic E-state index is -3.97. The minimum Gasteiger partial charge on any atom is -0.390 e. The van der Waals surface area contributed by atoms with Crippen LogP contribution in [0.5, 0.6) is 0 Å². The molecule has 3 aromatic heterocycles. The van der Waals surface area contributed by atoms with Crippen LogP contribution in [0, 0.1) is 0 Å². The van der Waals surface area contributed by atoms with E-state index >= 15 is 0 Å². The molecule has 4 N–H and O–H groups in total. The van der Waals surface area contributed by atoms with Crippen molar-refractivity contribution >= 4 is 49.2 Å². The number of anilines is 1. The molecule has 0 amide bonds. The molecule has 0 bridgehead atoms. The largest absolute Gasteiger partial charge is 0.390 e. The first-order chi connectivity index (χ1) is 17.0. The van der Waals surface area contributed by atoms with Crippen LogP contribution < -0.4 is 10.0 Å². The van der Waals surface area contributed by atoms with E-state index in [9.17, 15) is 23.4 Å². The molecule has 14 heteroatoms. The molecular formula is C22H24BrN5O6S2. The lowest BCUT2D eigenvalue weighted by atomic mass is 9.94. The van der Waals surface area contributed by atoms with Crippen LogP contribution >= 0.6 is 27.3 Å². The fraction of sp³-hybridized carbons (Fsp3) is 0.364. The summed E-state index contributed by atoms with van der Waals surface area (Å²) in [5.41, 5.74) is -0.281. The molecule has 0 spiro atoms. The van der Waals surface area contributed by atoms with Gasteiger partial charge in [-0.2, -0.15) is 13.1 Å². The third-order valence-corrected chi connectivity index (χ3v) is 8.24. The van der Waals surface area contributed by atoms with Crippen molar-refractivity contribution < 1.29 is 27.6 Å². The van der Waals surface area contributed by atoms with E-state index < -0.39 is 28.1 Å². The van der Waals surface area contributed by atoms with E-state index in [0.717, 1.165) is 0 Å². The minimum absolute atomic E-state index is 0.186. The number of halogens is 1. The molecule has 1 saturated carbocycles. The molecule has 3 heterocycles. The van der Waals surface area contributed by atoms with Gasteiger partial charge in [-0.3, -0.25) is 8.98 Å². The van der Waals surface area contributed by atoms with Crippen molar-refractivity contribution in [2.45, 2.75) is 43.6 Å². The van der Waals surface area contributed by atoms with Crippen LogP contribution in [0.15, 0.2) is 46.8 Å². The normalized spacial score (nSPS) is 21.8. The maximum Gasteiger partial charge on any atom is 0.335 e. The Morgan fingerprint density at radius 2 is 2.11 bits per heavy atom. The smallest absolute Gasteiger partial charge is 0.335 e. The summed E-state index contributed by atoms with van der Waals surface area (Å²) in [5.74, 6) is -0.101. The average molecular weight is 599 g/mol. The first-order valence-electron chi connectivity index (χ1n) is 10.9. The van der Waals surface area contributed by atoms with Gasteiger partial charge in [0.1, 0.15) is 28.5 Å². The Bertz CT molecular complexity index is 1370. The summed E-state index contributed by atoms with van der Waals surface area (Å²) in [6.45, 7) is 1.61. The van der Waals surface area contributed by atoms with Gasteiger partial charge in [0.15, 0.2) is 0 Å². The first-order valence-corrected chi connectivity index (χ1v) is 13.9. The standard InChI is InChI=1S/C22H24BrN5O6S2/c1-22(31,18-4-3-5-19(23)28-18)12-6-17(35-10-12)20(30)14-9-25-11-26-21(14)27-13-7-15(29)16(8-13)34-36(32,33)24-2/h3-6,9-11,13,15-16,24,29,31H,7-8H2,1-2H3,(H,25,26,27)/t13-,15+,16-,22-/m1/s1. The molecule has 1 aliphatic rings. The third kappa shape index (κ3) is 5.80. The summed E-state index contributed by atoms with van der Waals surface area (Å²) in [6, 6.07) is 6.44. The zero-order chi connectivity index (χ0) is 26.1. The second-order valence-electron chi connectivity index (χ2n) is 8.40. The number of pyridine rings is 1.